The number of aryl methyl sites for hydroxylation is 3. The molecule has 9 heteroatoms. The zero-order valence-electron chi connectivity index (χ0n) is 21.3. The second-order valence-electron chi connectivity index (χ2n) is 8.91. The van der Waals surface area contributed by atoms with Gasteiger partial charge in [0.1, 0.15) is 21.2 Å². The molecule has 4 N–H and O–H groups in total. The maximum atomic E-state index is 13.7. The van der Waals surface area contributed by atoms with Crippen LogP contribution in [0, 0.1) is 20.8 Å². The lowest BCUT2D eigenvalue weighted by atomic mass is 9.99. The first-order valence-corrected chi connectivity index (χ1v) is 12.7. The van der Waals surface area contributed by atoms with Crippen molar-refractivity contribution in [1.82, 2.24) is 4.98 Å². The monoisotopic (exact) mass is 526 g/mol. The van der Waals surface area contributed by atoms with E-state index in [0.29, 0.717) is 49.9 Å². The molecule has 38 heavy (non-hydrogen) atoms. The third kappa shape index (κ3) is 4.59. The minimum absolute atomic E-state index is 0.227. The van der Waals surface area contributed by atoms with Crippen LogP contribution in [0.1, 0.15) is 36.9 Å². The number of hydrogen-bond donors (Lipinski definition) is 3. The van der Waals surface area contributed by atoms with Crippen LogP contribution in [0.25, 0.3) is 21.5 Å². The van der Waals surface area contributed by atoms with Gasteiger partial charge in [-0.1, -0.05) is 23.8 Å². The van der Waals surface area contributed by atoms with Gasteiger partial charge in [0.15, 0.2) is 0 Å². The molecule has 5 rings (SSSR count). The van der Waals surface area contributed by atoms with Gasteiger partial charge in [-0.25, -0.2) is 4.98 Å². The van der Waals surface area contributed by atoms with Gasteiger partial charge >= 0.3 is 0 Å². The number of nitrogen functional groups attached to an aromatic ring is 1. The zero-order chi connectivity index (χ0) is 27.0. The van der Waals surface area contributed by atoms with Gasteiger partial charge in [-0.3, -0.25) is 9.59 Å². The van der Waals surface area contributed by atoms with Crippen molar-refractivity contribution >= 4 is 50.4 Å². The maximum absolute atomic E-state index is 13.7. The normalized spacial score (nSPS) is 10.9. The lowest BCUT2D eigenvalue weighted by Gasteiger charge is -2.14. The van der Waals surface area contributed by atoms with Crippen LogP contribution in [-0.4, -0.2) is 23.9 Å². The number of pyridine rings is 1. The minimum atomic E-state index is -0.386. The molecule has 0 unspecified atom stereocenters. The van der Waals surface area contributed by atoms with Crippen LogP contribution in [-0.2, 0) is 0 Å². The summed E-state index contributed by atoms with van der Waals surface area (Å²) in [5.74, 6) is 0.339. The number of nitrogens with one attached hydrogen (secondary N) is 2. The molecule has 0 saturated heterocycles. The molecule has 0 fully saturated rings. The number of carbonyl (C=O) groups excluding carboxylic acids is 2. The molecule has 3 aromatic heterocycles. The number of furan rings is 1. The Labute approximate surface area is 223 Å². The fourth-order valence-electron chi connectivity index (χ4n) is 4.41. The van der Waals surface area contributed by atoms with Crippen LogP contribution in [0.15, 0.2) is 65.3 Å². The summed E-state index contributed by atoms with van der Waals surface area (Å²) >= 11 is 1.16. The highest BCUT2D eigenvalue weighted by atomic mass is 32.1. The number of aromatic nitrogens is 1. The Morgan fingerprint density at radius 1 is 1.00 bits per heavy atom. The van der Waals surface area contributed by atoms with E-state index in [-0.39, 0.29) is 22.4 Å². The van der Waals surface area contributed by atoms with Crippen LogP contribution in [0.3, 0.4) is 0 Å². The summed E-state index contributed by atoms with van der Waals surface area (Å²) in [5.41, 5.74) is 11.4. The summed E-state index contributed by atoms with van der Waals surface area (Å²) in [7, 11) is 1.56. The van der Waals surface area contributed by atoms with Crippen molar-refractivity contribution in [2.75, 3.05) is 23.5 Å². The number of carbonyl (C=O) groups is 2. The fourth-order valence-corrected chi connectivity index (χ4v) is 5.45. The highest BCUT2D eigenvalue weighted by Crippen LogP contribution is 2.42. The first-order chi connectivity index (χ1) is 18.3. The molecule has 0 saturated carbocycles. The van der Waals surface area contributed by atoms with Crippen LogP contribution < -0.4 is 21.1 Å². The predicted molar refractivity (Wildman–Crippen MR) is 151 cm³/mol. The lowest BCUT2D eigenvalue weighted by Crippen LogP contribution is -2.16. The van der Waals surface area contributed by atoms with Crippen LogP contribution >= 0.6 is 11.3 Å². The van der Waals surface area contributed by atoms with E-state index in [1.54, 1.807) is 50.4 Å². The van der Waals surface area contributed by atoms with E-state index in [1.807, 2.05) is 32.0 Å². The Kier molecular flexibility index (Phi) is 6.61. The molecule has 0 aliphatic carbocycles. The number of anilines is 3. The third-order valence-electron chi connectivity index (χ3n) is 6.22. The summed E-state index contributed by atoms with van der Waals surface area (Å²) in [6.45, 7) is 5.69. The molecule has 0 atom stereocenters. The predicted octanol–water partition coefficient (Wildman–Crippen LogP) is 6.58. The third-order valence-corrected chi connectivity index (χ3v) is 7.31. The van der Waals surface area contributed by atoms with Crippen molar-refractivity contribution in [2.24, 2.45) is 0 Å². The van der Waals surface area contributed by atoms with Gasteiger partial charge in [-0.15, -0.1) is 11.3 Å². The summed E-state index contributed by atoms with van der Waals surface area (Å²) < 4.78 is 11.0. The van der Waals surface area contributed by atoms with Gasteiger partial charge < -0.3 is 25.5 Å². The molecule has 3 heterocycles. The Balaban J connectivity index is 1.62. The SMILES string of the molecule is COc1cccc(NC(=O)c2sc3nc(C)c(C(=O)Nc4ccc(C)cc4C)c(-c4ccco4)c3c2N)c1. The van der Waals surface area contributed by atoms with E-state index in [9.17, 15) is 9.59 Å². The van der Waals surface area contributed by atoms with E-state index in [0.717, 1.165) is 22.5 Å². The molecular weight excluding hydrogens is 500 g/mol. The second-order valence-corrected chi connectivity index (χ2v) is 9.91. The zero-order valence-corrected chi connectivity index (χ0v) is 22.2. The molecule has 2 aromatic carbocycles. The maximum Gasteiger partial charge on any atom is 0.267 e. The van der Waals surface area contributed by atoms with Gasteiger partial charge in [-0.05, 0) is 56.7 Å². The molecule has 0 bridgehead atoms. The Morgan fingerprint density at radius 2 is 1.82 bits per heavy atom. The summed E-state index contributed by atoms with van der Waals surface area (Å²) in [4.78, 5) is 32.4. The first-order valence-electron chi connectivity index (χ1n) is 11.9. The summed E-state index contributed by atoms with van der Waals surface area (Å²) in [6.07, 6.45) is 1.53. The molecule has 192 valence electrons. The van der Waals surface area contributed by atoms with Gasteiger partial charge in [0, 0.05) is 28.4 Å². The van der Waals surface area contributed by atoms with Gasteiger partial charge in [0.05, 0.1) is 30.3 Å². The molecule has 0 aliphatic heterocycles. The smallest absolute Gasteiger partial charge is 0.267 e. The molecule has 0 aliphatic rings. The van der Waals surface area contributed by atoms with Crippen molar-refractivity contribution in [2.45, 2.75) is 20.8 Å². The average molecular weight is 527 g/mol. The number of hydrogen-bond acceptors (Lipinski definition) is 7. The van der Waals surface area contributed by atoms with E-state index in [2.05, 4.69) is 15.6 Å². The van der Waals surface area contributed by atoms with Crippen molar-refractivity contribution in [1.29, 1.82) is 0 Å². The van der Waals surface area contributed by atoms with E-state index in [1.165, 1.54) is 6.26 Å². The number of methoxy groups -OCH3 is 1. The Hall–Kier alpha value is -4.63. The Morgan fingerprint density at radius 3 is 2.53 bits per heavy atom. The van der Waals surface area contributed by atoms with Crippen molar-refractivity contribution in [3.05, 3.63) is 88.1 Å². The second kappa shape index (κ2) is 10.0. The molecule has 0 spiro atoms. The van der Waals surface area contributed by atoms with Gasteiger partial charge in [0.25, 0.3) is 11.8 Å². The minimum Gasteiger partial charge on any atom is -0.497 e. The average Bonchev–Trinajstić information content (AvgIpc) is 3.53. The number of rotatable bonds is 6. The van der Waals surface area contributed by atoms with Crippen LogP contribution in [0.5, 0.6) is 5.75 Å². The molecule has 5 aromatic rings. The van der Waals surface area contributed by atoms with E-state index in [4.69, 9.17) is 14.9 Å². The van der Waals surface area contributed by atoms with Crippen LogP contribution in [0.4, 0.5) is 17.1 Å². The van der Waals surface area contributed by atoms with Gasteiger partial charge in [0.2, 0.25) is 0 Å². The summed E-state index contributed by atoms with van der Waals surface area (Å²) in [5, 5.41) is 6.37. The van der Waals surface area contributed by atoms with Crippen LogP contribution in [0.2, 0.25) is 0 Å². The molecule has 8 nitrogen and oxygen atoms in total. The standard InChI is InChI=1S/C29H26N4O4S/c1-15-10-11-20(16(2)13-15)33-27(34)22-17(3)31-29-24(23(22)21-9-6-12-37-21)25(30)26(38-29)28(35)32-18-7-5-8-19(14-18)36-4/h5-14H,30H2,1-4H3,(H,32,35)(H,33,34). The van der Waals surface area contributed by atoms with Crippen molar-refractivity contribution in [3.63, 3.8) is 0 Å². The highest BCUT2D eigenvalue weighted by molar-refractivity contribution is 7.21. The Bertz CT molecular complexity index is 1690. The van der Waals surface area contributed by atoms with Gasteiger partial charge in [-0.2, -0.15) is 0 Å². The topological polar surface area (TPSA) is 119 Å². The number of fused-ring (bicyclic) bond motifs is 1. The van der Waals surface area contributed by atoms with E-state index < -0.39 is 0 Å². The number of nitrogens with zero attached hydrogens (tertiary/aromatic N) is 1. The number of thiophene rings is 1. The number of amides is 2. The number of benzene rings is 2. The lowest BCUT2D eigenvalue weighted by molar-refractivity contribution is 0.102. The highest BCUT2D eigenvalue weighted by Gasteiger charge is 2.28. The van der Waals surface area contributed by atoms with Crippen molar-refractivity contribution < 1.29 is 18.7 Å². The largest absolute Gasteiger partial charge is 0.497 e. The molecule has 2 amide bonds. The first kappa shape index (κ1) is 25.0. The fraction of sp³-hybridized carbons (Fsp3) is 0.138. The number of nitrogens with two attached hydrogens (primary N) is 1. The van der Waals surface area contributed by atoms with E-state index >= 15 is 0 Å². The quantitative estimate of drug-likeness (QED) is 0.230. The molecular formula is C29H26N4O4S. The van der Waals surface area contributed by atoms with Crippen molar-refractivity contribution in [3.8, 4) is 17.1 Å². The number of ether oxygens (including phenoxy) is 1. The molecule has 0 radical (unpaired) electrons. The summed E-state index contributed by atoms with van der Waals surface area (Å²) in [6, 6.07) is 16.4.